The molecule has 1 aromatic carbocycles. The van der Waals surface area contributed by atoms with E-state index in [1.54, 1.807) is 26.0 Å². The first-order valence-corrected chi connectivity index (χ1v) is 8.25. The van der Waals surface area contributed by atoms with Gasteiger partial charge in [0, 0.05) is 6.42 Å². The topological polar surface area (TPSA) is 107 Å². The molecule has 0 spiro atoms. The third kappa shape index (κ3) is 5.73. The van der Waals surface area contributed by atoms with Gasteiger partial charge in [-0.2, -0.15) is 0 Å². The second-order valence-corrected chi connectivity index (χ2v) is 6.48. The van der Waals surface area contributed by atoms with E-state index in [4.69, 9.17) is 15.0 Å². The smallest absolute Gasteiger partial charge is 0.303 e. The van der Waals surface area contributed by atoms with Gasteiger partial charge in [-0.15, -0.1) is 0 Å². The van der Waals surface area contributed by atoms with Gasteiger partial charge in [0.2, 0.25) is 10.0 Å². The third-order valence-electron chi connectivity index (χ3n) is 3.02. The fourth-order valence-corrected chi connectivity index (χ4v) is 3.20. The van der Waals surface area contributed by atoms with Crippen molar-refractivity contribution < 1.29 is 23.1 Å². The Kier molecular flexibility index (Phi) is 6.17. The molecule has 6 nitrogen and oxygen atoms in total. The maximum atomic E-state index is 11.5. The van der Waals surface area contributed by atoms with Gasteiger partial charge in [-0.25, -0.2) is 13.6 Å². The van der Waals surface area contributed by atoms with Crippen molar-refractivity contribution in [1.82, 2.24) is 0 Å². The minimum atomic E-state index is -3.73. The van der Waals surface area contributed by atoms with Gasteiger partial charge in [0.15, 0.2) is 0 Å². The van der Waals surface area contributed by atoms with Gasteiger partial charge in [0.25, 0.3) is 0 Å². The van der Waals surface area contributed by atoms with Crippen LogP contribution in [0.3, 0.4) is 0 Å². The molecule has 0 amide bonds. The summed E-state index contributed by atoms with van der Waals surface area (Å²) in [7, 11) is -3.73. The molecule has 21 heavy (non-hydrogen) atoms. The van der Waals surface area contributed by atoms with Gasteiger partial charge in [0.1, 0.15) is 5.75 Å². The largest absolute Gasteiger partial charge is 0.494 e. The molecule has 0 unspecified atom stereocenters. The Balaban J connectivity index is 2.57. The molecule has 0 bridgehead atoms. The first kappa shape index (κ1) is 17.5. The molecule has 0 heterocycles. The zero-order valence-corrected chi connectivity index (χ0v) is 13.1. The summed E-state index contributed by atoms with van der Waals surface area (Å²) >= 11 is 0. The van der Waals surface area contributed by atoms with Crippen molar-refractivity contribution in [3.63, 3.8) is 0 Å². The van der Waals surface area contributed by atoms with E-state index in [9.17, 15) is 13.2 Å². The maximum absolute atomic E-state index is 11.5. The number of primary sulfonamides is 1. The summed E-state index contributed by atoms with van der Waals surface area (Å²) in [6.45, 7) is 3.81. The lowest BCUT2D eigenvalue weighted by Crippen LogP contribution is -2.15. The Bertz CT molecular complexity index is 587. The fourth-order valence-electron chi connectivity index (χ4n) is 2.19. The molecule has 0 saturated heterocycles. The van der Waals surface area contributed by atoms with Crippen LogP contribution in [0.2, 0.25) is 0 Å². The molecule has 7 heteroatoms. The number of benzene rings is 1. The van der Waals surface area contributed by atoms with Gasteiger partial charge in [-0.05, 0) is 56.4 Å². The quantitative estimate of drug-likeness (QED) is 0.713. The van der Waals surface area contributed by atoms with Crippen LogP contribution in [0.25, 0.3) is 0 Å². The van der Waals surface area contributed by atoms with Gasteiger partial charge in [-0.1, -0.05) is 0 Å². The van der Waals surface area contributed by atoms with E-state index in [-0.39, 0.29) is 11.3 Å². The molecule has 0 aliphatic rings. The Morgan fingerprint density at radius 2 is 1.76 bits per heavy atom. The van der Waals surface area contributed by atoms with Crippen LogP contribution in [0.4, 0.5) is 0 Å². The molecule has 0 atom stereocenters. The molecule has 3 N–H and O–H groups in total. The van der Waals surface area contributed by atoms with Crippen LogP contribution in [0.1, 0.15) is 36.8 Å². The number of nitrogens with two attached hydrogens (primary N) is 1. The Hall–Kier alpha value is -1.60. The SMILES string of the molecule is Cc1cc(OCCCCCC(=O)O)cc(C)c1S(N)(=O)=O. The third-order valence-corrected chi connectivity index (χ3v) is 4.24. The first-order valence-electron chi connectivity index (χ1n) is 6.70. The minimum absolute atomic E-state index is 0.135. The summed E-state index contributed by atoms with van der Waals surface area (Å²) in [4.78, 5) is 10.5. The summed E-state index contributed by atoms with van der Waals surface area (Å²) in [5.41, 5.74) is 1.11. The Morgan fingerprint density at radius 3 is 2.24 bits per heavy atom. The van der Waals surface area contributed by atoms with Crippen LogP contribution >= 0.6 is 0 Å². The molecular weight excluding hydrogens is 294 g/mol. The number of rotatable bonds is 8. The lowest BCUT2D eigenvalue weighted by molar-refractivity contribution is -0.137. The van der Waals surface area contributed by atoms with Crippen LogP contribution in [-0.4, -0.2) is 26.1 Å². The van der Waals surface area contributed by atoms with Crippen molar-refractivity contribution >= 4 is 16.0 Å². The zero-order chi connectivity index (χ0) is 16.0. The number of sulfonamides is 1. The van der Waals surface area contributed by atoms with E-state index in [0.717, 1.165) is 12.8 Å². The lowest BCUT2D eigenvalue weighted by atomic mass is 10.1. The highest BCUT2D eigenvalue weighted by atomic mass is 32.2. The lowest BCUT2D eigenvalue weighted by Gasteiger charge is -2.12. The maximum Gasteiger partial charge on any atom is 0.303 e. The summed E-state index contributed by atoms with van der Waals surface area (Å²) in [5.74, 6) is -0.198. The van der Waals surface area contributed by atoms with Crippen molar-refractivity contribution in [1.29, 1.82) is 0 Å². The molecule has 0 aliphatic heterocycles. The number of unbranched alkanes of at least 4 members (excludes halogenated alkanes) is 2. The monoisotopic (exact) mass is 315 g/mol. The fraction of sp³-hybridized carbons (Fsp3) is 0.500. The number of hydrogen-bond donors (Lipinski definition) is 2. The minimum Gasteiger partial charge on any atom is -0.494 e. The molecule has 118 valence electrons. The van der Waals surface area contributed by atoms with Gasteiger partial charge < -0.3 is 9.84 Å². The van der Waals surface area contributed by atoms with Crippen molar-refractivity contribution in [3.8, 4) is 5.75 Å². The van der Waals surface area contributed by atoms with Gasteiger partial charge in [-0.3, -0.25) is 4.79 Å². The normalized spacial score (nSPS) is 11.4. The molecule has 0 saturated carbocycles. The standard InChI is InChI=1S/C14H21NO5S/c1-10-8-12(9-11(2)14(10)21(15,18)19)20-7-5-3-4-6-13(16)17/h8-9H,3-7H2,1-2H3,(H,16,17)(H2,15,18,19). The van der Waals surface area contributed by atoms with E-state index in [1.807, 2.05) is 0 Å². The van der Waals surface area contributed by atoms with E-state index in [1.165, 1.54) is 0 Å². The Labute approximate surface area is 125 Å². The van der Waals surface area contributed by atoms with Crippen molar-refractivity contribution in [2.24, 2.45) is 5.14 Å². The average molecular weight is 315 g/mol. The molecule has 1 rings (SSSR count). The number of carboxylic acids is 1. The summed E-state index contributed by atoms with van der Waals surface area (Å²) in [6, 6.07) is 3.29. The van der Waals surface area contributed by atoms with E-state index in [2.05, 4.69) is 0 Å². The molecule has 1 aromatic rings. The van der Waals surface area contributed by atoms with E-state index in [0.29, 0.717) is 29.9 Å². The molecule has 0 aliphatic carbocycles. The van der Waals surface area contributed by atoms with Crippen LogP contribution in [0.15, 0.2) is 17.0 Å². The number of carboxylic acid groups (broad SMARTS) is 1. The van der Waals surface area contributed by atoms with E-state index < -0.39 is 16.0 Å². The van der Waals surface area contributed by atoms with E-state index >= 15 is 0 Å². The van der Waals surface area contributed by atoms with Crippen LogP contribution in [0, 0.1) is 13.8 Å². The predicted octanol–water partition coefficient (Wildman–Crippen LogP) is 1.97. The van der Waals surface area contributed by atoms with Crippen molar-refractivity contribution in [3.05, 3.63) is 23.3 Å². The molecule has 0 aromatic heterocycles. The highest BCUT2D eigenvalue weighted by Crippen LogP contribution is 2.25. The molecular formula is C14H21NO5S. The van der Waals surface area contributed by atoms with Gasteiger partial charge in [0.05, 0.1) is 11.5 Å². The average Bonchev–Trinajstić information content (AvgIpc) is 2.30. The highest BCUT2D eigenvalue weighted by molar-refractivity contribution is 7.89. The number of hydrogen-bond acceptors (Lipinski definition) is 4. The number of carbonyl (C=O) groups is 1. The molecule has 0 fully saturated rings. The van der Waals surface area contributed by atoms with Crippen LogP contribution < -0.4 is 9.88 Å². The zero-order valence-electron chi connectivity index (χ0n) is 12.3. The first-order chi connectivity index (χ1) is 9.71. The molecule has 0 radical (unpaired) electrons. The van der Waals surface area contributed by atoms with Crippen LogP contribution in [-0.2, 0) is 14.8 Å². The van der Waals surface area contributed by atoms with Crippen molar-refractivity contribution in [2.75, 3.05) is 6.61 Å². The predicted molar refractivity (Wildman–Crippen MR) is 78.9 cm³/mol. The van der Waals surface area contributed by atoms with Crippen molar-refractivity contribution in [2.45, 2.75) is 44.4 Å². The Morgan fingerprint density at radius 1 is 1.19 bits per heavy atom. The van der Waals surface area contributed by atoms with Crippen LogP contribution in [0.5, 0.6) is 5.75 Å². The second-order valence-electron chi connectivity index (χ2n) is 4.98. The number of aryl methyl sites for hydroxylation is 2. The van der Waals surface area contributed by atoms with Gasteiger partial charge >= 0.3 is 5.97 Å². The number of ether oxygens (including phenoxy) is 1. The summed E-state index contributed by atoms with van der Waals surface area (Å²) < 4.78 is 28.5. The second kappa shape index (κ2) is 7.42. The summed E-state index contributed by atoms with van der Waals surface area (Å²) in [6.07, 6.45) is 2.32. The number of aliphatic carboxylic acids is 1. The highest BCUT2D eigenvalue weighted by Gasteiger charge is 2.16. The summed E-state index contributed by atoms with van der Waals surface area (Å²) in [5, 5.41) is 13.7.